The highest BCUT2D eigenvalue weighted by atomic mass is 32.2. The van der Waals surface area contributed by atoms with E-state index < -0.39 is 0 Å². The van der Waals surface area contributed by atoms with Crippen molar-refractivity contribution >= 4 is 51.6 Å². The number of hydrogen-bond acceptors (Lipinski definition) is 5. The minimum Gasteiger partial charge on any atom is -0.383 e. The molecule has 0 aliphatic carbocycles. The smallest absolute Gasteiger partial charge is 0.266 e. The lowest BCUT2D eigenvalue weighted by Gasteiger charge is -2.12. The number of carbonyl (C=O) groups is 1. The van der Waals surface area contributed by atoms with Crippen LogP contribution in [-0.2, 0) is 9.53 Å². The number of methoxy groups -OCH3 is 1. The van der Waals surface area contributed by atoms with E-state index >= 15 is 0 Å². The van der Waals surface area contributed by atoms with E-state index in [1.807, 2.05) is 23.6 Å². The number of thiophene rings is 1. The number of hydrogen-bond donors (Lipinski definition) is 0. The fourth-order valence-electron chi connectivity index (χ4n) is 1.38. The van der Waals surface area contributed by atoms with Crippen LogP contribution < -0.4 is 0 Å². The number of nitrogens with zero attached hydrogens (tertiary/aromatic N) is 1. The molecule has 0 radical (unpaired) electrons. The Kier molecular flexibility index (Phi) is 4.33. The molecule has 1 aromatic heterocycles. The fourth-order valence-corrected chi connectivity index (χ4v) is 3.41. The van der Waals surface area contributed by atoms with Gasteiger partial charge in [0.2, 0.25) is 0 Å². The highest BCUT2D eigenvalue weighted by molar-refractivity contribution is 8.26. The van der Waals surface area contributed by atoms with Crippen molar-refractivity contribution in [3.8, 4) is 0 Å². The first-order valence-corrected chi connectivity index (χ1v) is 7.10. The predicted octanol–water partition coefficient (Wildman–Crippen LogP) is 2.60. The Hall–Kier alpha value is -0.690. The Morgan fingerprint density at radius 3 is 3.06 bits per heavy atom. The lowest BCUT2D eigenvalue weighted by Crippen LogP contribution is -2.31. The highest BCUT2D eigenvalue weighted by Crippen LogP contribution is 2.32. The summed E-state index contributed by atoms with van der Waals surface area (Å²) in [7, 11) is 1.61. The van der Waals surface area contributed by atoms with E-state index in [1.54, 1.807) is 23.3 Å². The van der Waals surface area contributed by atoms with Crippen molar-refractivity contribution in [3.63, 3.8) is 0 Å². The summed E-state index contributed by atoms with van der Waals surface area (Å²) in [6.07, 6.45) is 1.89. The first kappa shape index (κ1) is 12.8. The van der Waals surface area contributed by atoms with Gasteiger partial charge in [-0.1, -0.05) is 30.0 Å². The van der Waals surface area contributed by atoms with Gasteiger partial charge in [0.25, 0.3) is 5.91 Å². The molecule has 0 unspecified atom stereocenters. The minimum atomic E-state index is -0.0227. The van der Waals surface area contributed by atoms with Gasteiger partial charge in [-0.3, -0.25) is 9.69 Å². The normalized spacial score (nSPS) is 18.4. The summed E-state index contributed by atoms with van der Waals surface area (Å²) in [5.74, 6) is -0.0227. The van der Waals surface area contributed by atoms with Crippen molar-refractivity contribution < 1.29 is 9.53 Å². The molecule has 2 heterocycles. The van der Waals surface area contributed by atoms with E-state index in [2.05, 4.69) is 0 Å². The highest BCUT2D eigenvalue weighted by Gasteiger charge is 2.31. The number of amides is 1. The molecule has 90 valence electrons. The molecule has 17 heavy (non-hydrogen) atoms. The second kappa shape index (κ2) is 5.77. The van der Waals surface area contributed by atoms with E-state index in [-0.39, 0.29) is 5.91 Å². The molecule has 0 N–H and O–H groups in total. The van der Waals surface area contributed by atoms with Gasteiger partial charge >= 0.3 is 0 Å². The standard InChI is InChI=1S/C11H11NO2S3/c1-14-5-4-12-10(13)9(17-11(12)15)7-8-3-2-6-16-8/h2-3,6-7H,4-5H2,1H3/b9-7+. The second-order valence-corrected chi connectivity index (χ2v) is 6.00. The molecule has 0 saturated carbocycles. The van der Waals surface area contributed by atoms with Crippen molar-refractivity contribution in [2.24, 2.45) is 0 Å². The molecule has 3 nitrogen and oxygen atoms in total. The van der Waals surface area contributed by atoms with Gasteiger partial charge in [0.1, 0.15) is 4.32 Å². The molecule has 1 fully saturated rings. The third kappa shape index (κ3) is 2.95. The molecule has 1 amide bonds. The van der Waals surface area contributed by atoms with Crippen molar-refractivity contribution in [1.29, 1.82) is 0 Å². The van der Waals surface area contributed by atoms with Gasteiger partial charge < -0.3 is 4.74 Å². The first-order valence-electron chi connectivity index (χ1n) is 5.00. The number of rotatable bonds is 4. The van der Waals surface area contributed by atoms with Gasteiger partial charge in [-0.2, -0.15) is 0 Å². The summed E-state index contributed by atoms with van der Waals surface area (Å²) in [5, 5.41) is 1.98. The third-order valence-corrected chi connectivity index (χ3v) is 4.41. The van der Waals surface area contributed by atoms with E-state index in [0.29, 0.717) is 22.4 Å². The Bertz CT molecular complexity index is 453. The quantitative estimate of drug-likeness (QED) is 0.628. The van der Waals surface area contributed by atoms with Gasteiger partial charge in [-0.15, -0.1) is 11.3 Å². The maximum Gasteiger partial charge on any atom is 0.266 e. The Balaban J connectivity index is 2.13. The molecule has 0 aromatic carbocycles. The number of thioether (sulfide) groups is 1. The zero-order chi connectivity index (χ0) is 12.3. The summed E-state index contributed by atoms with van der Waals surface area (Å²) in [4.78, 5) is 15.4. The van der Waals surface area contributed by atoms with Crippen LogP contribution in [0.25, 0.3) is 6.08 Å². The molecular weight excluding hydrogens is 274 g/mol. The maximum atomic E-state index is 12.0. The van der Waals surface area contributed by atoms with Crippen LogP contribution in [0.4, 0.5) is 0 Å². The summed E-state index contributed by atoms with van der Waals surface area (Å²) in [5.41, 5.74) is 0. The van der Waals surface area contributed by atoms with Crippen molar-refractivity contribution in [3.05, 3.63) is 27.3 Å². The number of thiocarbonyl (C=S) groups is 1. The maximum absolute atomic E-state index is 12.0. The summed E-state index contributed by atoms with van der Waals surface area (Å²) < 4.78 is 5.57. The average Bonchev–Trinajstić information content (AvgIpc) is 2.89. The van der Waals surface area contributed by atoms with E-state index in [1.165, 1.54) is 11.8 Å². The number of carbonyl (C=O) groups excluding carboxylic acids is 1. The summed E-state index contributed by atoms with van der Waals surface area (Å²) in [6, 6.07) is 3.94. The molecule has 6 heteroatoms. The monoisotopic (exact) mass is 285 g/mol. The molecule has 0 atom stereocenters. The van der Waals surface area contributed by atoms with Crippen LogP contribution in [0.3, 0.4) is 0 Å². The lowest BCUT2D eigenvalue weighted by molar-refractivity contribution is -0.122. The molecule has 2 rings (SSSR count). The van der Waals surface area contributed by atoms with Crippen LogP contribution in [0, 0.1) is 0 Å². The van der Waals surface area contributed by atoms with Gasteiger partial charge in [-0.25, -0.2) is 0 Å². The summed E-state index contributed by atoms with van der Waals surface area (Å²) >= 11 is 8.13. The Labute approximate surface area is 113 Å². The second-order valence-electron chi connectivity index (χ2n) is 3.34. The van der Waals surface area contributed by atoms with E-state index in [0.717, 1.165) is 4.88 Å². The molecular formula is C11H11NO2S3. The number of ether oxygens (including phenoxy) is 1. The van der Waals surface area contributed by atoms with Gasteiger partial charge in [-0.05, 0) is 17.5 Å². The van der Waals surface area contributed by atoms with E-state index in [4.69, 9.17) is 17.0 Å². The van der Waals surface area contributed by atoms with Gasteiger partial charge in [0.05, 0.1) is 18.1 Å². The predicted molar refractivity (Wildman–Crippen MR) is 76.1 cm³/mol. The van der Waals surface area contributed by atoms with Crippen LogP contribution in [0.5, 0.6) is 0 Å². The van der Waals surface area contributed by atoms with Crippen molar-refractivity contribution in [2.75, 3.05) is 20.3 Å². The Morgan fingerprint density at radius 2 is 2.41 bits per heavy atom. The molecule has 1 aliphatic rings. The molecule has 0 bridgehead atoms. The fraction of sp³-hybridized carbons (Fsp3) is 0.273. The van der Waals surface area contributed by atoms with Gasteiger partial charge in [0.15, 0.2) is 0 Å². The van der Waals surface area contributed by atoms with E-state index in [9.17, 15) is 4.79 Å². The van der Waals surface area contributed by atoms with Crippen LogP contribution in [0.1, 0.15) is 4.88 Å². The zero-order valence-corrected chi connectivity index (χ0v) is 11.7. The van der Waals surface area contributed by atoms with Crippen LogP contribution in [0.2, 0.25) is 0 Å². The van der Waals surface area contributed by atoms with Crippen molar-refractivity contribution in [2.45, 2.75) is 0 Å². The lowest BCUT2D eigenvalue weighted by atomic mass is 10.4. The molecule has 1 aromatic rings. The average molecular weight is 285 g/mol. The molecule has 1 aliphatic heterocycles. The summed E-state index contributed by atoms with van der Waals surface area (Å²) in [6.45, 7) is 1.02. The molecule has 0 spiro atoms. The SMILES string of the molecule is COCCN1C(=O)/C(=C\c2cccs2)SC1=S. The zero-order valence-electron chi connectivity index (χ0n) is 9.21. The largest absolute Gasteiger partial charge is 0.383 e. The van der Waals surface area contributed by atoms with Crippen LogP contribution >= 0.6 is 35.3 Å². The minimum absolute atomic E-state index is 0.0227. The third-order valence-electron chi connectivity index (χ3n) is 2.21. The van der Waals surface area contributed by atoms with Gasteiger partial charge in [0, 0.05) is 12.0 Å². The van der Waals surface area contributed by atoms with Crippen LogP contribution in [-0.4, -0.2) is 35.4 Å². The van der Waals surface area contributed by atoms with Crippen LogP contribution in [0.15, 0.2) is 22.4 Å². The Morgan fingerprint density at radius 1 is 1.59 bits per heavy atom. The topological polar surface area (TPSA) is 29.5 Å². The first-order chi connectivity index (χ1) is 8.22. The molecule has 1 saturated heterocycles. The van der Waals surface area contributed by atoms with Crippen molar-refractivity contribution in [1.82, 2.24) is 4.90 Å².